The van der Waals surface area contributed by atoms with E-state index in [2.05, 4.69) is 16.9 Å². The standard InChI is InChI=1S/C32H33N3O7/c1-3-4-8-31-34-18-26(15-23(32(36)37)14-22-16-29-30(42-21-41-29)17-28(22)38-2)35(31)25-9-11-27(12-10-25)40-20-39-19-24-7-5-6-13-33-24/h5-7,9-13,15-18H,3-4,8,14,19-21H2,1-2H3,(H,36,37)/b23-15+. The highest BCUT2D eigenvalue weighted by molar-refractivity contribution is 5.92. The van der Waals surface area contributed by atoms with Gasteiger partial charge in [0.05, 0.1) is 31.3 Å². The first-order chi connectivity index (χ1) is 20.6. The molecule has 1 aliphatic rings. The molecule has 1 aliphatic heterocycles. The molecule has 0 saturated carbocycles. The van der Waals surface area contributed by atoms with E-state index >= 15 is 0 Å². The summed E-state index contributed by atoms with van der Waals surface area (Å²) in [5.74, 6) is 2.12. The van der Waals surface area contributed by atoms with Crippen LogP contribution in [-0.2, 0) is 29.0 Å². The smallest absolute Gasteiger partial charge is 0.331 e. The number of nitrogens with zero attached hydrogens (tertiary/aromatic N) is 3. The van der Waals surface area contributed by atoms with Crippen LogP contribution in [0.2, 0.25) is 0 Å². The summed E-state index contributed by atoms with van der Waals surface area (Å²) in [6, 6.07) is 16.7. The number of aromatic nitrogens is 3. The van der Waals surface area contributed by atoms with Gasteiger partial charge in [0, 0.05) is 41.9 Å². The first-order valence-corrected chi connectivity index (χ1v) is 13.7. The number of rotatable bonds is 14. The molecule has 0 spiro atoms. The topological polar surface area (TPSA) is 114 Å². The molecule has 10 nitrogen and oxygen atoms in total. The van der Waals surface area contributed by atoms with Gasteiger partial charge in [-0.25, -0.2) is 9.78 Å². The molecule has 0 unspecified atom stereocenters. The van der Waals surface area contributed by atoms with E-state index in [9.17, 15) is 9.90 Å². The Morgan fingerprint density at radius 2 is 1.90 bits per heavy atom. The summed E-state index contributed by atoms with van der Waals surface area (Å²) in [4.78, 5) is 21.3. The number of carboxylic acid groups (broad SMARTS) is 1. The van der Waals surface area contributed by atoms with E-state index in [1.165, 1.54) is 0 Å². The number of aliphatic carboxylic acids is 1. The molecule has 0 amide bonds. The van der Waals surface area contributed by atoms with E-state index in [-0.39, 0.29) is 25.6 Å². The molecule has 3 heterocycles. The van der Waals surface area contributed by atoms with Crippen LogP contribution in [0.25, 0.3) is 11.8 Å². The molecule has 42 heavy (non-hydrogen) atoms. The van der Waals surface area contributed by atoms with Crippen molar-refractivity contribution >= 4 is 12.0 Å². The van der Waals surface area contributed by atoms with Crippen LogP contribution in [-0.4, -0.2) is 46.3 Å². The first-order valence-electron chi connectivity index (χ1n) is 13.7. The third-order valence-corrected chi connectivity index (χ3v) is 6.75. The SMILES string of the molecule is CCCCc1ncc(/C=C(\Cc2cc3c(cc2OC)OCO3)C(=O)O)n1-c1ccc(OCOCc2ccccn2)cc1. The lowest BCUT2D eigenvalue weighted by molar-refractivity contribution is -0.132. The van der Waals surface area contributed by atoms with Crippen LogP contribution in [0.4, 0.5) is 0 Å². The summed E-state index contributed by atoms with van der Waals surface area (Å²) in [6.07, 6.45) is 7.92. The second kappa shape index (κ2) is 13.7. The number of hydrogen-bond acceptors (Lipinski definition) is 8. The molecule has 1 N–H and O–H groups in total. The maximum absolute atomic E-state index is 12.4. The Bertz CT molecular complexity index is 1530. The van der Waals surface area contributed by atoms with Crippen molar-refractivity contribution < 1.29 is 33.6 Å². The zero-order valence-electron chi connectivity index (χ0n) is 23.6. The number of carbonyl (C=O) groups is 1. The Morgan fingerprint density at radius 3 is 2.62 bits per heavy atom. The predicted octanol–water partition coefficient (Wildman–Crippen LogP) is 5.61. The van der Waals surface area contributed by atoms with Gasteiger partial charge in [-0.1, -0.05) is 19.4 Å². The lowest BCUT2D eigenvalue weighted by Crippen LogP contribution is -2.08. The van der Waals surface area contributed by atoms with Crippen molar-refractivity contribution in [2.45, 2.75) is 39.2 Å². The van der Waals surface area contributed by atoms with E-state index in [1.54, 1.807) is 37.7 Å². The number of carboxylic acids is 1. The van der Waals surface area contributed by atoms with Crippen LogP contribution in [0.3, 0.4) is 0 Å². The molecule has 2 aromatic carbocycles. The van der Waals surface area contributed by atoms with E-state index in [0.29, 0.717) is 40.9 Å². The molecule has 0 atom stereocenters. The maximum Gasteiger partial charge on any atom is 0.331 e. The van der Waals surface area contributed by atoms with Gasteiger partial charge in [0.2, 0.25) is 6.79 Å². The molecule has 2 aromatic heterocycles. The normalized spacial score (nSPS) is 12.4. The number of aryl methyl sites for hydroxylation is 1. The van der Waals surface area contributed by atoms with Gasteiger partial charge >= 0.3 is 5.97 Å². The van der Waals surface area contributed by atoms with Gasteiger partial charge in [-0.05, 0) is 55.0 Å². The number of benzene rings is 2. The Balaban J connectivity index is 1.37. The maximum atomic E-state index is 12.4. The van der Waals surface area contributed by atoms with Gasteiger partial charge in [-0.3, -0.25) is 9.55 Å². The Hall–Kier alpha value is -4.83. The van der Waals surface area contributed by atoms with Gasteiger partial charge < -0.3 is 28.8 Å². The van der Waals surface area contributed by atoms with Crippen LogP contribution in [0.5, 0.6) is 23.0 Å². The molecule has 0 aliphatic carbocycles. The molecule has 0 saturated heterocycles. The molecule has 218 valence electrons. The summed E-state index contributed by atoms with van der Waals surface area (Å²) >= 11 is 0. The minimum absolute atomic E-state index is 0.0853. The number of methoxy groups -OCH3 is 1. The van der Waals surface area contributed by atoms with Crippen molar-refractivity contribution in [3.8, 4) is 28.7 Å². The second-order valence-electron chi connectivity index (χ2n) is 9.63. The van der Waals surface area contributed by atoms with Crippen molar-refractivity contribution in [2.75, 3.05) is 20.7 Å². The van der Waals surface area contributed by atoms with Crippen LogP contribution in [0.1, 0.15) is 42.5 Å². The number of hydrogen-bond donors (Lipinski definition) is 1. The Labute approximate surface area is 244 Å². The highest BCUT2D eigenvalue weighted by Crippen LogP contribution is 2.39. The summed E-state index contributed by atoms with van der Waals surface area (Å²) in [6.45, 7) is 2.68. The molecule has 0 fully saturated rings. The van der Waals surface area contributed by atoms with Crippen molar-refractivity contribution in [1.82, 2.24) is 14.5 Å². The molecule has 0 radical (unpaired) electrons. The summed E-state index contributed by atoms with van der Waals surface area (Å²) in [7, 11) is 1.54. The van der Waals surface area contributed by atoms with Gasteiger partial charge in [-0.15, -0.1) is 0 Å². The lowest BCUT2D eigenvalue weighted by atomic mass is 10.0. The van der Waals surface area contributed by atoms with Crippen molar-refractivity contribution in [1.29, 1.82) is 0 Å². The van der Waals surface area contributed by atoms with E-state index in [0.717, 1.165) is 36.5 Å². The molecule has 4 aromatic rings. The Kier molecular flexibility index (Phi) is 9.35. The number of ether oxygens (including phenoxy) is 5. The minimum atomic E-state index is -1.04. The average Bonchev–Trinajstić information content (AvgIpc) is 3.64. The van der Waals surface area contributed by atoms with Crippen LogP contribution in [0.15, 0.2) is 72.6 Å². The van der Waals surface area contributed by atoms with Gasteiger partial charge in [0.1, 0.15) is 17.3 Å². The number of fused-ring (bicyclic) bond motifs is 1. The highest BCUT2D eigenvalue weighted by Gasteiger charge is 2.21. The van der Waals surface area contributed by atoms with Crippen molar-refractivity contribution in [3.63, 3.8) is 0 Å². The Morgan fingerprint density at radius 1 is 1.10 bits per heavy atom. The van der Waals surface area contributed by atoms with Gasteiger partial charge in [-0.2, -0.15) is 0 Å². The third kappa shape index (κ3) is 6.90. The first kappa shape index (κ1) is 28.7. The van der Waals surface area contributed by atoms with E-state index < -0.39 is 5.97 Å². The van der Waals surface area contributed by atoms with E-state index in [1.807, 2.05) is 47.0 Å². The largest absolute Gasteiger partial charge is 0.496 e. The second-order valence-corrected chi connectivity index (χ2v) is 9.63. The van der Waals surface area contributed by atoms with Crippen molar-refractivity contribution in [3.05, 3.63) is 95.3 Å². The fourth-order valence-corrected chi connectivity index (χ4v) is 4.61. The lowest BCUT2D eigenvalue weighted by Gasteiger charge is -2.13. The minimum Gasteiger partial charge on any atom is -0.496 e. The number of unbranched alkanes of at least 4 members (excludes halogenated alkanes) is 1. The van der Waals surface area contributed by atoms with E-state index in [4.69, 9.17) is 23.7 Å². The van der Waals surface area contributed by atoms with Crippen LogP contribution in [0, 0.1) is 0 Å². The number of imidazole rings is 1. The fourth-order valence-electron chi connectivity index (χ4n) is 4.61. The molecule has 0 bridgehead atoms. The van der Waals surface area contributed by atoms with Crippen molar-refractivity contribution in [2.24, 2.45) is 0 Å². The molecular formula is C32H33N3O7. The third-order valence-electron chi connectivity index (χ3n) is 6.75. The molecular weight excluding hydrogens is 538 g/mol. The van der Waals surface area contributed by atoms with Crippen LogP contribution >= 0.6 is 0 Å². The zero-order valence-corrected chi connectivity index (χ0v) is 23.6. The number of pyridine rings is 1. The zero-order chi connectivity index (χ0) is 29.3. The average molecular weight is 572 g/mol. The monoisotopic (exact) mass is 571 g/mol. The summed E-state index contributed by atoms with van der Waals surface area (Å²) in [5, 5.41) is 10.1. The van der Waals surface area contributed by atoms with Crippen LogP contribution < -0.4 is 18.9 Å². The van der Waals surface area contributed by atoms with Gasteiger partial charge in [0.25, 0.3) is 0 Å². The molecule has 10 heteroatoms. The quantitative estimate of drug-likeness (QED) is 0.117. The highest BCUT2D eigenvalue weighted by atomic mass is 16.7. The molecule has 5 rings (SSSR count). The summed E-state index contributed by atoms with van der Waals surface area (Å²) < 4.78 is 29.8. The summed E-state index contributed by atoms with van der Waals surface area (Å²) in [5.41, 5.74) is 3.19. The predicted molar refractivity (Wildman–Crippen MR) is 155 cm³/mol. The fraction of sp³-hybridized carbons (Fsp3) is 0.281. The van der Waals surface area contributed by atoms with Gasteiger partial charge in [0.15, 0.2) is 18.3 Å².